The highest BCUT2D eigenvalue weighted by Crippen LogP contribution is 2.18. The zero-order chi connectivity index (χ0) is 20.4. The summed E-state index contributed by atoms with van der Waals surface area (Å²) in [5, 5.41) is 8.74. The summed E-state index contributed by atoms with van der Waals surface area (Å²) in [5.74, 6) is 0.549. The van der Waals surface area contributed by atoms with Crippen LogP contribution in [0.4, 0.5) is 0 Å². The van der Waals surface area contributed by atoms with Gasteiger partial charge in [-0.05, 0) is 50.3 Å². The highest BCUT2D eigenvalue weighted by Gasteiger charge is 2.18. The van der Waals surface area contributed by atoms with E-state index in [1.807, 2.05) is 36.4 Å². The SMILES string of the molecule is Cc1ccc(-c2nn(C[NH+](C)[C@H](C)c3ccc(-n4cncn4)cc3)c(=S)o2)cc1. The lowest BCUT2D eigenvalue weighted by molar-refractivity contribution is -0.933. The molecule has 0 saturated carbocycles. The van der Waals surface area contributed by atoms with Gasteiger partial charge in [-0.1, -0.05) is 29.8 Å². The smallest absolute Gasteiger partial charge is 0.292 e. The van der Waals surface area contributed by atoms with Gasteiger partial charge >= 0.3 is 0 Å². The second kappa shape index (κ2) is 8.10. The molecule has 0 spiro atoms. The van der Waals surface area contributed by atoms with E-state index in [1.54, 1.807) is 15.7 Å². The van der Waals surface area contributed by atoms with E-state index in [4.69, 9.17) is 16.6 Å². The lowest BCUT2D eigenvalue weighted by atomic mass is 10.1. The summed E-state index contributed by atoms with van der Waals surface area (Å²) in [7, 11) is 2.12. The third-order valence-electron chi connectivity index (χ3n) is 5.12. The van der Waals surface area contributed by atoms with Crippen LogP contribution in [0.5, 0.6) is 0 Å². The molecule has 0 saturated heterocycles. The molecule has 0 fully saturated rings. The summed E-state index contributed by atoms with van der Waals surface area (Å²) in [6, 6.07) is 16.6. The second-order valence-corrected chi connectivity index (χ2v) is 7.55. The van der Waals surface area contributed by atoms with E-state index in [2.05, 4.69) is 48.2 Å². The van der Waals surface area contributed by atoms with Crippen molar-refractivity contribution in [1.29, 1.82) is 0 Å². The van der Waals surface area contributed by atoms with Crippen LogP contribution in [0.2, 0.25) is 0 Å². The van der Waals surface area contributed by atoms with Crippen molar-refractivity contribution >= 4 is 12.2 Å². The van der Waals surface area contributed by atoms with Gasteiger partial charge in [0.05, 0.1) is 12.7 Å². The van der Waals surface area contributed by atoms with Crippen molar-refractivity contribution in [3.63, 3.8) is 0 Å². The third-order valence-corrected chi connectivity index (χ3v) is 5.41. The summed E-state index contributed by atoms with van der Waals surface area (Å²) in [4.78, 5) is 5.62. The summed E-state index contributed by atoms with van der Waals surface area (Å²) in [5.41, 5.74) is 4.33. The number of rotatable bonds is 6. The molecule has 4 aromatic rings. The number of hydrogen-bond donors (Lipinski definition) is 1. The average molecular weight is 408 g/mol. The Hall–Kier alpha value is -3.10. The number of quaternary nitrogens is 1. The van der Waals surface area contributed by atoms with Crippen molar-refractivity contribution < 1.29 is 9.32 Å². The molecule has 2 aromatic heterocycles. The van der Waals surface area contributed by atoms with E-state index in [1.165, 1.54) is 22.4 Å². The molecule has 29 heavy (non-hydrogen) atoms. The Morgan fingerprint density at radius 2 is 1.83 bits per heavy atom. The predicted octanol–water partition coefficient (Wildman–Crippen LogP) is 3.00. The standard InChI is InChI=1S/C21H22N6OS/c1-15-4-6-18(7-5-15)20-24-27(21(29)28-20)14-25(3)16(2)17-8-10-19(11-9-17)26-13-22-12-23-26/h4-13,16H,14H2,1-3H3/p+1/t16-/m1/s1. The molecular weight excluding hydrogens is 384 g/mol. The largest absolute Gasteiger partial charge is 0.409 e. The Labute approximate surface area is 174 Å². The predicted molar refractivity (Wildman–Crippen MR) is 112 cm³/mol. The molecule has 2 atom stereocenters. The van der Waals surface area contributed by atoms with Crippen LogP contribution in [0, 0.1) is 11.8 Å². The molecule has 2 heterocycles. The Balaban J connectivity index is 1.48. The van der Waals surface area contributed by atoms with E-state index in [-0.39, 0.29) is 6.04 Å². The maximum atomic E-state index is 5.72. The fraction of sp³-hybridized carbons (Fsp3) is 0.238. The first-order chi connectivity index (χ1) is 14.0. The first-order valence-electron chi connectivity index (χ1n) is 9.43. The van der Waals surface area contributed by atoms with Crippen molar-refractivity contribution in [1.82, 2.24) is 24.5 Å². The molecular formula is C21H23N6OS+. The van der Waals surface area contributed by atoms with Gasteiger partial charge in [0.25, 0.3) is 4.84 Å². The Bertz CT molecular complexity index is 1130. The van der Waals surface area contributed by atoms with Gasteiger partial charge in [0.2, 0.25) is 5.89 Å². The van der Waals surface area contributed by atoms with Gasteiger partial charge in [-0.2, -0.15) is 9.78 Å². The minimum Gasteiger partial charge on any atom is -0.409 e. The minimum atomic E-state index is 0.251. The van der Waals surface area contributed by atoms with Crippen molar-refractivity contribution in [2.45, 2.75) is 26.6 Å². The quantitative estimate of drug-likeness (QED) is 0.498. The monoisotopic (exact) mass is 407 g/mol. The molecule has 1 unspecified atom stereocenters. The lowest BCUT2D eigenvalue weighted by Gasteiger charge is -2.21. The van der Waals surface area contributed by atoms with Crippen molar-refractivity contribution in [3.05, 3.63) is 77.1 Å². The zero-order valence-corrected chi connectivity index (χ0v) is 17.4. The van der Waals surface area contributed by atoms with Crippen LogP contribution in [0.3, 0.4) is 0 Å². The lowest BCUT2D eigenvalue weighted by Crippen LogP contribution is -3.08. The average Bonchev–Trinajstić information content (AvgIpc) is 3.39. The van der Waals surface area contributed by atoms with E-state index in [9.17, 15) is 0 Å². The molecule has 1 N–H and O–H groups in total. The van der Waals surface area contributed by atoms with Gasteiger partial charge in [-0.25, -0.2) is 9.67 Å². The molecule has 2 aromatic carbocycles. The van der Waals surface area contributed by atoms with E-state index < -0.39 is 0 Å². The maximum absolute atomic E-state index is 5.72. The normalized spacial score (nSPS) is 13.3. The fourth-order valence-electron chi connectivity index (χ4n) is 3.13. The van der Waals surface area contributed by atoms with Crippen LogP contribution in [0.25, 0.3) is 17.1 Å². The second-order valence-electron chi connectivity index (χ2n) is 7.20. The third kappa shape index (κ3) is 4.18. The van der Waals surface area contributed by atoms with Gasteiger partial charge < -0.3 is 9.32 Å². The van der Waals surface area contributed by atoms with Crippen LogP contribution in [0.15, 0.2) is 65.6 Å². The topological polar surface area (TPSA) is 66.1 Å². The van der Waals surface area contributed by atoms with Gasteiger partial charge in [0, 0.05) is 11.1 Å². The summed E-state index contributed by atoms with van der Waals surface area (Å²) < 4.78 is 9.21. The molecule has 0 amide bonds. The first-order valence-corrected chi connectivity index (χ1v) is 9.84. The number of benzene rings is 2. The van der Waals surface area contributed by atoms with Crippen LogP contribution in [-0.4, -0.2) is 31.6 Å². The van der Waals surface area contributed by atoms with Gasteiger partial charge in [0.15, 0.2) is 6.67 Å². The molecule has 0 aliphatic rings. The molecule has 8 heteroatoms. The molecule has 0 aliphatic carbocycles. The van der Waals surface area contributed by atoms with Crippen LogP contribution >= 0.6 is 12.2 Å². The van der Waals surface area contributed by atoms with Crippen molar-refractivity contribution in [2.75, 3.05) is 7.05 Å². The first kappa shape index (κ1) is 19.2. The maximum Gasteiger partial charge on any atom is 0.292 e. The highest BCUT2D eigenvalue weighted by atomic mass is 32.1. The summed E-state index contributed by atoms with van der Waals surface area (Å²) in [6.07, 6.45) is 3.22. The number of aryl methyl sites for hydroxylation is 1. The van der Waals surface area contributed by atoms with Crippen LogP contribution in [0.1, 0.15) is 24.1 Å². The Kier molecular flexibility index (Phi) is 5.37. The number of hydrogen-bond acceptors (Lipinski definition) is 5. The van der Waals surface area contributed by atoms with E-state index in [0.29, 0.717) is 17.4 Å². The number of nitrogens with one attached hydrogen (secondary N) is 1. The van der Waals surface area contributed by atoms with Crippen molar-refractivity contribution in [3.8, 4) is 17.1 Å². The number of nitrogens with zero attached hydrogens (tertiary/aromatic N) is 5. The Morgan fingerprint density at radius 3 is 2.48 bits per heavy atom. The fourth-order valence-corrected chi connectivity index (χ4v) is 3.32. The number of aromatic nitrogens is 5. The van der Waals surface area contributed by atoms with Gasteiger partial charge in [0.1, 0.15) is 18.7 Å². The molecule has 0 aliphatic heterocycles. The summed E-state index contributed by atoms with van der Waals surface area (Å²) in [6.45, 7) is 4.85. The van der Waals surface area contributed by atoms with Crippen LogP contribution < -0.4 is 4.90 Å². The molecule has 0 radical (unpaired) electrons. The molecule has 7 nitrogen and oxygen atoms in total. The zero-order valence-electron chi connectivity index (χ0n) is 16.6. The molecule has 148 valence electrons. The summed E-state index contributed by atoms with van der Waals surface area (Å²) >= 11 is 5.39. The molecule has 0 bridgehead atoms. The Morgan fingerprint density at radius 1 is 1.10 bits per heavy atom. The minimum absolute atomic E-state index is 0.251. The van der Waals surface area contributed by atoms with Crippen LogP contribution in [-0.2, 0) is 6.67 Å². The highest BCUT2D eigenvalue weighted by molar-refractivity contribution is 7.71. The van der Waals surface area contributed by atoms with Gasteiger partial charge in [-0.3, -0.25) is 0 Å². The van der Waals surface area contributed by atoms with E-state index in [0.717, 1.165) is 11.3 Å². The van der Waals surface area contributed by atoms with E-state index >= 15 is 0 Å². The van der Waals surface area contributed by atoms with Crippen molar-refractivity contribution in [2.24, 2.45) is 0 Å². The van der Waals surface area contributed by atoms with Gasteiger partial charge in [-0.15, -0.1) is 5.10 Å². The molecule has 4 rings (SSSR count).